The molecule has 1 heterocycles. The van der Waals surface area contributed by atoms with Gasteiger partial charge in [0.2, 0.25) is 0 Å². The predicted molar refractivity (Wildman–Crippen MR) is 64.0 cm³/mol. The fourth-order valence-corrected chi connectivity index (χ4v) is 1.56. The van der Waals surface area contributed by atoms with Crippen LogP contribution in [0.1, 0.15) is 20.7 Å². The van der Waals surface area contributed by atoms with Gasteiger partial charge in [-0.25, -0.2) is 0 Å². The lowest BCUT2D eigenvalue weighted by atomic mass is 10.1. The Balaban J connectivity index is 2.34. The minimum Gasteiger partial charge on any atom is -0.324 e. The van der Waals surface area contributed by atoms with Crippen molar-refractivity contribution >= 4 is 11.7 Å². The molecule has 0 aliphatic heterocycles. The summed E-state index contributed by atoms with van der Waals surface area (Å²) in [6.07, 6.45) is 3.33. The Kier molecular flexibility index (Phi) is 3.16. The quantitative estimate of drug-likeness (QED) is 0.806. The minimum atomic E-state index is -0.174. The number of nitrogens with zero attached hydrogens (tertiary/aromatic N) is 1. The number of carbonyl (C=O) groups excluding carboxylic acids is 2. The monoisotopic (exact) mass is 228 g/mol. The third-order valence-electron chi connectivity index (χ3n) is 2.46. The van der Waals surface area contributed by atoms with Gasteiger partial charge >= 0.3 is 0 Å². The molecule has 0 spiro atoms. The lowest BCUT2D eigenvalue weighted by Crippen LogP contribution is -2.15. The Morgan fingerprint density at radius 3 is 2.35 bits per heavy atom. The van der Waals surface area contributed by atoms with Crippen molar-refractivity contribution in [3.8, 4) is 0 Å². The van der Waals surface area contributed by atoms with Gasteiger partial charge in [0.05, 0.1) is 6.54 Å². The molecule has 4 nitrogen and oxygen atoms in total. The second-order valence-corrected chi connectivity index (χ2v) is 3.60. The molecular formula is C13H12N2O2. The molecule has 0 aliphatic rings. The number of aromatic nitrogens is 1. The lowest BCUT2D eigenvalue weighted by molar-refractivity contribution is 0.0960. The highest BCUT2D eigenvalue weighted by Crippen LogP contribution is 2.08. The number of carbonyl (C=O) groups is 2. The highest BCUT2D eigenvalue weighted by atomic mass is 16.2. The molecule has 0 fully saturated rings. The summed E-state index contributed by atoms with van der Waals surface area (Å²) in [5.74, 6) is -0.339. The van der Waals surface area contributed by atoms with E-state index in [-0.39, 0.29) is 18.2 Å². The van der Waals surface area contributed by atoms with E-state index in [0.717, 1.165) is 0 Å². The maximum atomic E-state index is 12.0. The summed E-state index contributed by atoms with van der Waals surface area (Å²) in [5, 5.41) is 0. The Hall–Kier alpha value is -2.20. The van der Waals surface area contributed by atoms with Gasteiger partial charge in [0, 0.05) is 23.5 Å². The Bertz CT molecular complexity index is 544. The number of hydrogen-bond donors (Lipinski definition) is 1. The van der Waals surface area contributed by atoms with E-state index in [1.165, 1.54) is 4.57 Å². The topological polar surface area (TPSA) is 65.1 Å². The SMILES string of the molecule is NCC(=O)c1cccc(C(=O)n2cccc2)c1. The van der Waals surface area contributed by atoms with Crippen LogP contribution < -0.4 is 5.73 Å². The molecule has 0 saturated heterocycles. The van der Waals surface area contributed by atoms with Crippen LogP contribution in [-0.4, -0.2) is 22.8 Å². The zero-order valence-corrected chi connectivity index (χ0v) is 9.17. The zero-order chi connectivity index (χ0) is 12.3. The van der Waals surface area contributed by atoms with Gasteiger partial charge in [-0.1, -0.05) is 12.1 Å². The molecule has 0 saturated carbocycles. The van der Waals surface area contributed by atoms with Crippen LogP contribution in [0.25, 0.3) is 0 Å². The van der Waals surface area contributed by atoms with Crippen LogP contribution in [0.5, 0.6) is 0 Å². The van der Waals surface area contributed by atoms with E-state index >= 15 is 0 Å². The van der Waals surface area contributed by atoms with Crippen molar-refractivity contribution in [2.75, 3.05) is 6.54 Å². The first-order chi connectivity index (χ1) is 8.22. The first kappa shape index (κ1) is 11.3. The molecule has 4 heteroatoms. The number of hydrogen-bond acceptors (Lipinski definition) is 3. The fourth-order valence-electron chi connectivity index (χ4n) is 1.56. The second-order valence-electron chi connectivity index (χ2n) is 3.60. The van der Waals surface area contributed by atoms with E-state index in [2.05, 4.69) is 0 Å². The largest absolute Gasteiger partial charge is 0.324 e. The van der Waals surface area contributed by atoms with Crippen molar-refractivity contribution in [3.05, 3.63) is 59.9 Å². The molecule has 2 N–H and O–H groups in total. The van der Waals surface area contributed by atoms with Crippen LogP contribution in [0.15, 0.2) is 48.8 Å². The molecule has 0 amide bonds. The van der Waals surface area contributed by atoms with E-state index in [9.17, 15) is 9.59 Å². The van der Waals surface area contributed by atoms with Crippen molar-refractivity contribution in [2.45, 2.75) is 0 Å². The Morgan fingerprint density at radius 2 is 1.71 bits per heavy atom. The van der Waals surface area contributed by atoms with E-state index in [4.69, 9.17) is 5.73 Å². The maximum absolute atomic E-state index is 12.0. The summed E-state index contributed by atoms with van der Waals surface area (Å²) in [7, 11) is 0. The molecule has 0 radical (unpaired) electrons. The van der Waals surface area contributed by atoms with Crippen molar-refractivity contribution < 1.29 is 9.59 Å². The van der Waals surface area contributed by atoms with Crippen molar-refractivity contribution in [2.24, 2.45) is 5.73 Å². The normalized spacial score (nSPS) is 10.2. The van der Waals surface area contributed by atoms with Gasteiger partial charge in [-0.3, -0.25) is 14.2 Å². The summed E-state index contributed by atoms with van der Waals surface area (Å²) in [5.41, 5.74) is 6.22. The van der Waals surface area contributed by atoms with E-state index in [1.807, 2.05) is 0 Å². The van der Waals surface area contributed by atoms with E-state index in [1.54, 1.807) is 48.8 Å². The molecule has 0 bridgehead atoms. The van der Waals surface area contributed by atoms with E-state index < -0.39 is 0 Å². The number of benzene rings is 1. The van der Waals surface area contributed by atoms with Gasteiger partial charge in [0.25, 0.3) is 5.91 Å². The van der Waals surface area contributed by atoms with Gasteiger partial charge in [-0.15, -0.1) is 0 Å². The molecule has 0 unspecified atom stereocenters. The van der Waals surface area contributed by atoms with Gasteiger partial charge in [0.1, 0.15) is 0 Å². The molecule has 0 aliphatic carbocycles. The van der Waals surface area contributed by atoms with Gasteiger partial charge < -0.3 is 5.73 Å². The average Bonchev–Trinajstić information content (AvgIpc) is 2.91. The smallest absolute Gasteiger partial charge is 0.261 e. The van der Waals surface area contributed by atoms with Crippen LogP contribution >= 0.6 is 0 Å². The molecule has 17 heavy (non-hydrogen) atoms. The van der Waals surface area contributed by atoms with Crippen LogP contribution in [0.4, 0.5) is 0 Å². The fraction of sp³-hybridized carbons (Fsp3) is 0.0769. The standard InChI is InChI=1S/C13H12N2O2/c14-9-12(16)10-4-3-5-11(8-10)13(17)15-6-1-2-7-15/h1-8H,9,14H2. The highest BCUT2D eigenvalue weighted by molar-refractivity contribution is 6.01. The van der Waals surface area contributed by atoms with Crippen molar-refractivity contribution in [3.63, 3.8) is 0 Å². The summed E-state index contributed by atoms with van der Waals surface area (Å²) >= 11 is 0. The van der Waals surface area contributed by atoms with Gasteiger partial charge in [-0.2, -0.15) is 0 Å². The zero-order valence-electron chi connectivity index (χ0n) is 9.17. The first-order valence-corrected chi connectivity index (χ1v) is 5.23. The third-order valence-corrected chi connectivity index (χ3v) is 2.46. The highest BCUT2D eigenvalue weighted by Gasteiger charge is 2.10. The number of rotatable bonds is 3. The van der Waals surface area contributed by atoms with Gasteiger partial charge in [0.15, 0.2) is 5.78 Å². The molecule has 2 rings (SSSR count). The molecule has 0 atom stereocenters. The molecule has 2 aromatic rings. The first-order valence-electron chi connectivity index (χ1n) is 5.23. The Labute approximate surface area is 98.7 Å². The van der Waals surface area contributed by atoms with Crippen LogP contribution in [0.3, 0.4) is 0 Å². The summed E-state index contributed by atoms with van der Waals surface area (Å²) in [6, 6.07) is 10.1. The molecule has 86 valence electrons. The lowest BCUT2D eigenvalue weighted by Gasteiger charge is -2.04. The van der Waals surface area contributed by atoms with Crippen LogP contribution in [0, 0.1) is 0 Å². The number of ketones is 1. The molecule has 1 aromatic carbocycles. The predicted octanol–water partition coefficient (Wildman–Crippen LogP) is 1.32. The number of nitrogens with two attached hydrogens (primary N) is 1. The van der Waals surface area contributed by atoms with E-state index in [0.29, 0.717) is 11.1 Å². The molecule has 1 aromatic heterocycles. The Morgan fingerprint density at radius 1 is 1.06 bits per heavy atom. The summed E-state index contributed by atoms with van der Waals surface area (Å²) < 4.78 is 1.46. The number of Topliss-reactive ketones (excluding diaryl/α,β-unsaturated/α-hetero) is 1. The van der Waals surface area contributed by atoms with Crippen molar-refractivity contribution in [1.82, 2.24) is 4.57 Å². The summed E-state index contributed by atoms with van der Waals surface area (Å²) in [4.78, 5) is 23.4. The third kappa shape index (κ3) is 2.32. The maximum Gasteiger partial charge on any atom is 0.261 e. The van der Waals surface area contributed by atoms with Crippen LogP contribution in [-0.2, 0) is 0 Å². The van der Waals surface area contributed by atoms with Gasteiger partial charge in [-0.05, 0) is 24.3 Å². The van der Waals surface area contributed by atoms with Crippen molar-refractivity contribution in [1.29, 1.82) is 0 Å². The summed E-state index contributed by atoms with van der Waals surface area (Å²) in [6.45, 7) is -0.0544. The minimum absolute atomic E-state index is 0.0544. The molecular weight excluding hydrogens is 216 g/mol. The second kappa shape index (κ2) is 4.76. The van der Waals surface area contributed by atoms with Crippen LogP contribution in [0.2, 0.25) is 0 Å². The average molecular weight is 228 g/mol.